The molecule has 32 heavy (non-hydrogen) atoms. The van der Waals surface area contributed by atoms with Gasteiger partial charge in [0, 0.05) is 31.5 Å². The predicted octanol–water partition coefficient (Wildman–Crippen LogP) is 5.78. The molecule has 0 unspecified atom stereocenters. The standard InChI is InChI=1S/C27H41N3O2/c1-3-20-10-13-22(14-11-20)27-28-24-15-12-21(19-31)18-25(24)30(27)17-16-26(32)29(4-2)23-8-6-5-7-9-23/h12,15,18,20,22-23,31H,3-11,13-14,16-17,19H2,1-2H3/t20-,22-. The molecule has 1 heterocycles. The SMILES string of the molecule is CCN(C(=O)CCn1c2cc(CO)ccc2nc1[C@H]1CC[C@H](CC)CC1)C1CCCCC1. The average Bonchev–Trinajstić information content (AvgIpc) is 3.21. The maximum atomic E-state index is 13.2. The van der Waals surface area contributed by atoms with Crippen molar-refractivity contribution in [3.63, 3.8) is 0 Å². The van der Waals surface area contributed by atoms with Gasteiger partial charge in [-0.2, -0.15) is 0 Å². The van der Waals surface area contributed by atoms with E-state index in [-0.39, 0.29) is 12.5 Å². The number of rotatable bonds is 8. The Morgan fingerprint density at radius 1 is 1.09 bits per heavy atom. The molecule has 2 aliphatic rings. The van der Waals surface area contributed by atoms with Crippen LogP contribution in [0.25, 0.3) is 11.0 Å². The van der Waals surface area contributed by atoms with Crippen LogP contribution in [0.5, 0.6) is 0 Å². The Morgan fingerprint density at radius 2 is 1.84 bits per heavy atom. The number of carbonyl (C=O) groups is 1. The van der Waals surface area contributed by atoms with Crippen molar-refractivity contribution in [3.05, 3.63) is 29.6 Å². The van der Waals surface area contributed by atoms with Crippen LogP contribution < -0.4 is 0 Å². The third-order valence-electron chi connectivity index (χ3n) is 8.04. The van der Waals surface area contributed by atoms with Crippen LogP contribution in [0.4, 0.5) is 0 Å². The second-order valence-corrected chi connectivity index (χ2v) is 9.95. The van der Waals surface area contributed by atoms with Crippen molar-refractivity contribution >= 4 is 16.9 Å². The molecular weight excluding hydrogens is 398 g/mol. The lowest BCUT2D eigenvalue weighted by molar-refractivity contribution is -0.134. The Hall–Kier alpha value is -1.88. The number of hydrogen-bond donors (Lipinski definition) is 1. The maximum absolute atomic E-state index is 13.2. The highest BCUT2D eigenvalue weighted by molar-refractivity contribution is 5.79. The molecule has 2 saturated carbocycles. The van der Waals surface area contributed by atoms with Crippen LogP contribution in [0, 0.1) is 5.92 Å². The van der Waals surface area contributed by atoms with Gasteiger partial charge in [-0.1, -0.05) is 38.7 Å². The van der Waals surface area contributed by atoms with Crippen LogP contribution in [-0.4, -0.2) is 38.1 Å². The fourth-order valence-electron chi connectivity index (χ4n) is 6.04. The van der Waals surface area contributed by atoms with Crippen LogP contribution >= 0.6 is 0 Å². The second-order valence-electron chi connectivity index (χ2n) is 9.95. The summed E-state index contributed by atoms with van der Waals surface area (Å²) in [6.07, 6.45) is 12.8. The van der Waals surface area contributed by atoms with E-state index in [0.29, 0.717) is 24.9 Å². The van der Waals surface area contributed by atoms with Crippen molar-refractivity contribution < 1.29 is 9.90 Å². The molecule has 1 amide bonds. The van der Waals surface area contributed by atoms with Gasteiger partial charge in [0.05, 0.1) is 17.6 Å². The number of hydrogen-bond acceptors (Lipinski definition) is 3. The molecule has 0 radical (unpaired) electrons. The van der Waals surface area contributed by atoms with Crippen molar-refractivity contribution in [2.75, 3.05) is 6.54 Å². The van der Waals surface area contributed by atoms with Crippen molar-refractivity contribution in [2.45, 2.75) is 110 Å². The zero-order valence-electron chi connectivity index (χ0n) is 20.1. The Bertz CT molecular complexity index is 892. The first-order valence-corrected chi connectivity index (χ1v) is 13.0. The summed E-state index contributed by atoms with van der Waals surface area (Å²) >= 11 is 0. The minimum atomic E-state index is 0.0300. The molecule has 2 fully saturated rings. The van der Waals surface area contributed by atoms with E-state index in [4.69, 9.17) is 4.98 Å². The van der Waals surface area contributed by atoms with Crippen molar-refractivity contribution in [1.82, 2.24) is 14.5 Å². The minimum absolute atomic E-state index is 0.0300. The number of imidazole rings is 1. The number of fused-ring (bicyclic) bond motifs is 1. The van der Waals surface area contributed by atoms with Crippen molar-refractivity contribution in [2.24, 2.45) is 5.92 Å². The van der Waals surface area contributed by atoms with Crippen LogP contribution in [0.1, 0.15) is 102 Å². The van der Waals surface area contributed by atoms with E-state index in [1.807, 2.05) is 12.1 Å². The monoisotopic (exact) mass is 439 g/mol. The second kappa shape index (κ2) is 10.8. The highest BCUT2D eigenvalue weighted by Crippen LogP contribution is 2.38. The predicted molar refractivity (Wildman–Crippen MR) is 130 cm³/mol. The number of aromatic nitrogens is 2. The van der Waals surface area contributed by atoms with E-state index in [9.17, 15) is 9.90 Å². The summed E-state index contributed by atoms with van der Waals surface area (Å²) in [4.78, 5) is 20.4. The van der Waals surface area contributed by atoms with Crippen LogP contribution in [-0.2, 0) is 17.9 Å². The molecule has 176 valence electrons. The van der Waals surface area contributed by atoms with E-state index in [1.165, 1.54) is 51.4 Å². The Balaban J connectivity index is 1.56. The van der Waals surface area contributed by atoms with Gasteiger partial charge in [0.15, 0.2) is 0 Å². The normalized spacial score (nSPS) is 22.3. The highest BCUT2D eigenvalue weighted by atomic mass is 16.3. The van der Waals surface area contributed by atoms with E-state index >= 15 is 0 Å². The lowest BCUT2D eigenvalue weighted by Crippen LogP contribution is -2.41. The number of amides is 1. The average molecular weight is 440 g/mol. The lowest BCUT2D eigenvalue weighted by Gasteiger charge is -2.34. The van der Waals surface area contributed by atoms with Gasteiger partial charge in [-0.15, -0.1) is 0 Å². The van der Waals surface area contributed by atoms with Gasteiger partial charge in [-0.05, 0) is 69.1 Å². The van der Waals surface area contributed by atoms with Crippen LogP contribution in [0.15, 0.2) is 18.2 Å². The molecule has 0 spiro atoms. The van der Waals surface area contributed by atoms with Crippen molar-refractivity contribution in [3.8, 4) is 0 Å². The molecule has 0 saturated heterocycles. The smallest absolute Gasteiger partial charge is 0.224 e. The molecule has 2 aromatic rings. The summed E-state index contributed by atoms with van der Waals surface area (Å²) in [6, 6.07) is 6.48. The molecule has 1 N–H and O–H groups in total. The fraction of sp³-hybridized carbons (Fsp3) is 0.704. The maximum Gasteiger partial charge on any atom is 0.224 e. The fourth-order valence-corrected chi connectivity index (χ4v) is 6.04. The van der Waals surface area contributed by atoms with Gasteiger partial charge in [0.2, 0.25) is 5.91 Å². The van der Waals surface area contributed by atoms with E-state index in [1.54, 1.807) is 0 Å². The number of aliphatic hydroxyl groups is 1. The molecule has 0 atom stereocenters. The third kappa shape index (κ3) is 5.03. The zero-order valence-corrected chi connectivity index (χ0v) is 20.1. The van der Waals surface area contributed by atoms with Crippen molar-refractivity contribution in [1.29, 1.82) is 0 Å². The molecule has 1 aromatic carbocycles. The molecule has 5 heteroatoms. The first kappa shape index (κ1) is 23.3. The summed E-state index contributed by atoms with van der Waals surface area (Å²) in [5.41, 5.74) is 2.96. The number of benzene rings is 1. The molecule has 4 rings (SSSR count). The summed E-state index contributed by atoms with van der Waals surface area (Å²) < 4.78 is 2.30. The van der Waals surface area contributed by atoms with Gasteiger partial charge < -0.3 is 14.6 Å². The summed E-state index contributed by atoms with van der Waals surface area (Å²) in [6.45, 7) is 5.92. The van der Waals surface area contributed by atoms with Gasteiger partial charge in [-0.3, -0.25) is 4.79 Å². The molecule has 0 aliphatic heterocycles. The highest BCUT2D eigenvalue weighted by Gasteiger charge is 2.28. The van der Waals surface area contributed by atoms with Gasteiger partial charge in [-0.25, -0.2) is 4.98 Å². The Labute approximate surface area is 193 Å². The number of nitrogens with zero attached hydrogens (tertiary/aromatic N) is 3. The van der Waals surface area contributed by atoms with E-state index in [2.05, 4.69) is 29.4 Å². The summed E-state index contributed by atoms with van der Waals surface area (Å²) in [7, 11) is 0. The van der Waals surface area contributed by atoms with Crippen LogP contribution in [0.2, 0.25) is 0 Å². The quantitative estimate of drug-likeness (QED) is 0.567. The summed E-state index contributed by atoms with van der Waals surface area (Å²) in [5.74, 6) is 2.75. The van der Waals surface area contributed by atoms with Gasteiger partial charge in [0.1, 0.15) is 5.82 Å². The van der Waals surface area contributed by atoms with Crippen LogP contribution in [0.3, 0.4) is 0 Å². The van der Waals surface area contributed by atoms with Gasteiger partial charge in [0.25, 0.3) is 0 Å². The first-order chi connectivity index (χ1) is 15.6. The lowest BCUT2D eigenvalue weighted by atomic mass is 9.80. The topological polar surface area (TPSA) is 58.4 Å². The molecule has 2 aliphatic carbocycles. The number of aryl methyl sites for hydroxylation is 1. The molecular formula is C27H41N3O2. The first-order valence-electron chi connectivity index (χ1n) is 13.0. The molecule has 0 bridgehead atoms. The van der Waals surface area contributed by atoms with Gasteiger partial charge >= 0.3 is 0 Å². The molecule has 5 nitrogen and oxygen atoms in total. The number of aliphatic hydroxyl groups excluding tert-OH is 1. The minimum Gasteiger partial charge on any atom is -0.392 e. The van der Waals surface area contributed by atoms with E-state index < -0.39 is 0 Å². The zero-order chi connectivity index (χ0) is 22.5. The van der Waals surface area contributed by atoms with E-state index in [0.717, 1.165) is 47.7 Å². The third-order valence-corrected chi connectivity index (χ3v) is 8.04. The molecule has 1 aromatic heterocycles. The number of carbonyl (C=O) groups excluding carboxylic acids is 1. The Morgan fingerprint density at radius 3 is 2.50 bits per heavy atom. The summed E-state index contributed by atoms with van der Waals surface area (Å²) in [5, 5.41) is 9.68. The largest absolute Gasteiger partial charge is 0.392 e. The Kier molecular flexibility index (Phi) is 7.88.